The number of rotatable bonds is 6. The number of benzene rings is 1. The second kappa shape index (κ2) is 6.65. The lowest BCUT2D eigenvalue weighted by atomic mass is 10.0. The van der Waals surface area contributed by atoms with E-state index in [-0.39, 0.29) is 11.4 Å². The minimum Gasteiger partial charge on any atom is -0.478 e. The molecule has 1 aromatic heterocycles. The zero-order chi connectivity index (χ0) is 17.3. The highest BCUT2D eigenvalue weighted by molar-refractivity contribution is 6.31. The first-order valence-electron chi connectivity index (χ1n) is 7.99. The Balaban J connectivity index is 2.08. The van der Waals surface area contributed by atoms with E-state index in [1.807, 2.05) is 6.07 Å². The van der Waals surface area contributed by atoms with Gasteiger partial charge in [-0.1, -0.05) is 37.1 Å². The molecule has 1 aromatic carbocycles. The van der Waals surface area contributed by atoms with Crippen molar-refractivity contribution in [2.75, 3.05) is 0 Å². The van der Waals surface area contributed by atoms with E-state index in [1.165, 1.54) is 0 Å². The molecule has 2 aromatic rings. The molecule has 0 fully saturated rings. The summed E-state index contributed by atoms with van der Waals surface area (Å²) in [7, 11) is 0. The largest absolute Gasteiger partial charge is 0.478 e. The Hall–Kier alpha value is -2.33. The van der Waals surface area contributed by atoms with Crippen LogP contribution in [0.3, 0.4) is 0 Å². The number of carboxylic acids is 1. The number of allylic oxidation sites excluding steroid dienone is 1. The molecule has 3 rings (SSSR count). The Bertz CT molecular complexity index is 848. The summed E-state index contributed by atoms with van der Waals surface area (Å²) in [6, 6.07) is 8.70. The van der Waals surface area contributed by atoms with Crippen LogP contribution >= 0.6 is 11.6 Å². The lowest BCUT2D eigenvalue weighted by Crippen LogP contribution is -2.12. The summed E-state index contributed by atoms with van der Waals surface area (Å²) in [5, 5.41) is 9.85. The molecule has 1 N–H and O–H groups in total. The van der Waals surface area contributed by atoms with Crippen molar-refractivity contribution in [3.8, 4) is 0 Å². The molecular formula is C19H18ClNO3. The topological polar surface area (TPSA) is 59.3 Å². The van der Waals surface area contributed by atoms with Crippen molar-refractivity contribution in [1.29, 1.82) is 0 Å². The third-order valence-corrected chi connectivity index (χ3v) is 4.50. The van der Waals surface area contributed by atoms with Crippen molar-refractivity contribution in [3.05, 3.63) is 63.9 Å². The molecule has 0 amide bonds. The number of fused-ring (bicyclic) bond motifs is 1. The van der Waals surface area contributed by atoms with Gasteiger partial charge in [-0.15, -0.1) is 0 Å². The van der Waals surface area contributed by atoms with E-state index in [0.717, 1.165) is 24.8 Å². The zero-order valence-electron chi connectivity index (χ0n) is 13.4. The molecular weight excluding hydrogens is 326 g/mol. The van der Waals surface area contributed by atoms with Crippen LogP contribution < -0.4 is 0 Å². The molecule has 0 saturated carbocycles. The standard InChI is InChI=1S/C19H18ClNO3/c1-2-3-5-12-11-16-15(19(23)24)8-9-21(16)17(12)18(22)13-6-4-7-14(20)10-13/h4,6-8,10-11H,2-3,5,9H2,1H3,(H,23,24). The van der Waals surface area contributed by atoms with Crippen LogP contribution in [0.1, 0.15) is 47.1 Å². The van der Waals surface area contributed by atoms with Crippen LogP contribution in [0.15, 0.2) is 36.4 Å². The van der Waals surface area contributed by atoms with Crippen molar-refractivity contribution < 1.29 is 14.7 Å². The molecule has 0 unspecified atom stereocenters. The third kappa shape index (κ3) is 2.89. The lowest BCUT2D eigenvalue weighted by molar-refractivity contribution is -0.130. The number of hydrogen-bond donors (Lipinski definition) is 1. The molecule has 5 heteroatoms. The van der Waals surface area contributed by atoms with Gasteiger partial charge in [0.1, 0.15) is 0 Å². The van der Waals surface area contributed by atoms with Crippen LogP contribution in [0.5, 0.6) is 0 Å². The Morgan fingerprint density at radius 2 is 2.08 bits per heavy atom. The highest BCUT2D eigenvalue weighted by Crippen LogP contribution is 2.31. The van der Waals surface area contributed by atoms with E-state index >= 15 is 0 Å². The monoisotopic (exact) mass is 343 g/mol. The lowest BCUT2D eigenvalue weighted by Gasteiger charge is -2.09. The van der Waals surface area contributed by atoms with Gasteiger partial charge in [0, 0.05) is 17.1 Å². The van der Waals surface area contributed by atoms with Gasteiger partial charge in [0.25, 0.3) is 0 Å². The summed E-state index contributed by atoms with van der Waals surface area (Å²) in [6.45, 7) is 2.50. The molecule has 0 aliphatic carbocycles. The molecule has 0 saturated heterocycles. The predicted molar refractivity (Wildman–Crippen MR) is 93.5 cm³/mol. The second-order valence-electron chi connectivity index (χ2n) is 5.88. The van der Waals surface area contributed by atoms with Crippen molar-refractivity contribution in [2.45, 2.75) is 32.7 Å². The third-order valence-electron chi connectivity index (χ3n) is 4.26. The van der Waals surface area contributed by atoms with E-state index in [2.05, 4.69) is 6.92 Å². The fourth-order valence-electron chi connectivity index (χ4n) is 3.09. The number of aryl methyl sites for hydroxylation is 1. The summed E-state index contributed by atoms with van der Waals surface area (Å²) in [4.78, 5) is 24.4. The Kier molecular flexibility index (Phi) is 4.58. The smallest absolute Gasteiger partial charge is 0.337 e. The minimum absolute atomic E-state index is 0.116. The maximum Gasteiger partial charge on any atom is 0.337 e. The fourth-order valence-corrected chi connectivity index (χ4v) is 3.28. The first kappa shape index (κ1) is 16.5. The molecule has 2 heterocycles. The van der Waals surface area contributed by atoms with E-state index in [9.17, 15) is 14.7 Å². The van der Waals surface area contributed by atoms with Crippen LogP contribution in [0.25, 0.3) is 5.57 Å². The number of carbonyl (C=O) groups is 2. The van der Waals surface area contributed by atoms with Crippen LogP contribution in [0.4, 0.5) is 0 Å². The maximum atomic E-state index is 13.0. The summed E-state index contributed by atoms with van der Waals surface area (Å²) in [6.07, 6.45) is 4.36. The summed E-state index contributed by atoms with van der Waals surface area (Å²) in [5.41, 5.74) is 2.87. The number of aromatic nitrogens is 1. The van der Waals surface area contributed by atoms with Gasteiger partial charge in [-0.3, -0.25) is 4.79 Å². The number of carboxylic acid groups (broad SMARTS) is 1. The molecule has 1 aliphatic rings. The first-order valence-corrected chi connectivity index (χ1v) is 8.37. The van der Waals surface area contributed by atoms with Gasteiger partial charge in [0.05, 0.1) is 17.0 Å². The molecule has 0 spiro atoms. The molecule has 4 nitrogen and oxygen atoms in total. The number of hydrogen-bond acceptors (Lipinski definition) is 2. The summed E-state index contributed by atoms with van der Waals surface area (Å²) in [5.74, 6) is -1.08. The molecule has 24 heavy (non-hydrogen) atoms. The Morgan fingerprint density at radius 1 is 1.29 bits per heavy atom. The minimum atomic E-state index is -0.963. The van der Waals surface area contributed by atoms with Crippen LogP contribution in [0, 0.1) is 0 Å². The molecule has 0 atom stereocenters. The summed E-state index contributed by atoms with van der Waals surface area (Å²) >= 11 is 6.01. The van der Waals surface area contributed by atoms with Crippen molar-refractivity contribution in [1.82, 2.24) is 4.57 Å². The molecule has 1 aliphatic heterocycles. The van der Waals surface area contributed by atoms with Crippen molar-refractivity contribution in [2.24, 2.45) is 0 Å². The van der Waals surface area contributed by atoms with Crippen LogP contribution in [0.2, 0.25) is 5.02 Å². The van der Waals surface area contributed by atoms with Crippen LogP contribution in [-0.4, -0.2) is 21.4 Å². The normalized spacial score (nSPS) is 12.8. The average Bonchev–Trinajstić information content (AvgIpc) is 3.10. The maximum absolute atomic E-state index is 13.0. The highest BCUT2D eigenvalue weighted by Gasteiger charge is 2.28. The van der Waals surface area contributed by atoms with Gasteiger partial charge < -0.3 is 9.67 Å². The molecule has 0 radical (unpaired) electrons. The number of unbranched alkanes of at least 4 members (excludes halogenated alkanes) is 1. The second-order valence-corrected chi connectivity index (χ2v) is 6.32. The van der Waals surface area contributed by atoms with Crippen molar-refractivity contribution in [3.63, 3.8) is 0 Å². The van der Waals surface area contributed by atoms with Gasteiger partial charge in [-0.2, -0.15) is 0 Å². The first-order chi connectivity index (χ1) is 11.5. The predicted octanol–water partition coefficient (Wildman–Crippen LogP) is 4.20. The summed E-state index contributed by atoms with van der Waals surface area (Å²) < 4.78 is 1.80. The number of ketones is 1. The number of halogens is 1. The molecule has 0 bridgehead atoms. The average molecular weight is 344 g/mol. The zero-order valence-corrected chi connectivity index (χ0v) is 14.1. The van der Waals surface area contributed by atoms with E-state index in [0.29, 0.717) is 28.5 Å². The van der Waals surface area contributed by atoms with Gasteiger partial charge >= 0.3 is 5.97 Å². The SMILES string of the molecule is CCCCc1cc2n(c1C(=O)c1cccc(Cl)c1)CC=C2C(=O)O. The Labute approximate surface area is 145 Å². The van der Waals surface area contributed by atoms with E-state index in [4.69, 9.17) is 11.6 Å². The van der Waals surface area contributed by atoms with Gasteiger partial charge in [0.2, 0.25) is 5.78 Å². The van der Waals surface area contributed by atoms with Gasteiger partial charge in [-0.25, -0.2) is 4.79 Å². The van der Waals surface area contributed by atoms with Gasteiger partial charge in [0.15, 0.2) is 0 Å². The fraction of sp³-hybridized carbons (Fsp3) is 0.263. The van der Waals surface area contributed by atoms with Gasteiger partial charge in [-0.05, 0) is 42.7 Å². The van der Waals surface area contributed by atoms with E-state index < -0.39 is 5.97 Å². The number of aliphatic carboxylic acids is 1. The Morgan fingerprint density at radius 3 is 2.75 bits per heavy atom. The van der Waals surface area contributed by atoms with Crippen molar-refractivity contribution >= 4 is 28.9 Å². The van der Waals surface area contributed by atoms with Crippen LogP contribution in [-0.2, 0) is 17.8 Å². The molecule has 124 valence electrons. The van der Waals surface area contributed by atoms with E-state index in [1.54, 1.807) is 34.9 Å². The number of nitrogens with zero attached hydrogens (tertiary/aromatic N) is 1. The highest BCUT2D eigenvalue weighted by atomic mass is 35.5. The quantitative estimate of drug-likeness (QED) is 0.800. The number of carbonyl (C=O) groups excluding carboxylic acids is 1.